The molecule has 2 unspecified atom stereocenters. The van der Waals surface area contributed by atoms with Gasteiger partial charge in [-0.25, -0.2) is 0 Å². The van der Waals surface area contributed by atoms with Gasteiger partial charge in [-0.15, -0.1) is 0 Å². The van der Waals surface area contributed by atoms with Crippen molar-refractivity contribution in [2.24, 2.45) is 11.8 Å². The second-order valence-corrected chi connectivity index (χ2v) is 3.17. The number of rotatable bonds is 6. The Morgan fingerprint density at radius 2 is 1.25 bits per heavy atom. The van der Waals surface area contributed by atoms with Crippen molar-refractivity contribution in [3.63, 3.8) is 0 Å². The molecule has 0 saturated carbocycles. The molecule has 0 amide bonds. The third kappa shape index (κ3) is 5.83. The van der Waals surface area contributed by atoms with E-state index < -0.39 is 0 Å². The molecule has 0 aromatic heterocycles. The lowest BCUT2D eigenvalue weighted by Gasteiger charge is -1.97. The molecule has 0 aromatic rings. The van der Waals surface area contributed by atoms with Gasteiger partial charge in [-0.2, -0.15) is 0 Å². The van der Waals surface area contributed by atoms with Gasteiger partial charge in [0.05, 0.1) is 0 Å². The molecule has 12 heavy (non-hydrogen) atoms. The zero-order chi connectivity index (χ0) is 9.40. The predicted molar refractivity (Wildman–Crippen MR) is 48.8 cm³/mol. The van der Waals surface area contributed by atoms with E-state index in [0.29, 0.717) is 0 Å². The first-order valence-electron chi connectivity index (χ1n) is 4.26. The average molecular weight is 168 g/mol. The van der Waals surface area contributed by atoms with Crippen LogP contribution in [0, 0.1) is 11.8 Å². The molecular formula is C10H16O2. The first-order chi connectivity index (χ1) is 5.70. The second-order valence-electron chi connectivity index (χ2n) is 3.17. The highest BCUT2D eigenvalue weighted by Gasteiger charge is 1.96. The Hall–Kier alpha value is -0.920. The summed E-state index contributed by atoms with van der Waals surface area (Å²) in [6.07, 6.45) is 7.34. The highest BCUT2D eigenvalue weighted by atomic mass is 16.1. The van der Waals surface area contributed by atoms with E-state index >= 15 is 0 Å². The number of aldehydes is 2. The van der Waals surface area contributed by atoms with Crippen molar-refractivity contribution >= 4 is 12.6 Å². The highest BCUT2D eigenvalue weighted by molar-refractivity contribution is 5.53. The summed E-state index contributed by atoms with van der Waals surface area (Å²) in [7, 11) is 0. The molecule has 0 N–H and O–H groups in total. The van der Waals surface area contributed by atoms with Crippen LogP contribution in [0.4, 0.5) is 0 Å². The summed E-state index contributed by atoms with van der Waals surface area (Å²) < 4.78 is 0. The Bertz CT molecular complexity index is 143. The van der Waals surface area contributed by atoms with Crippen molar-refractivity contribution in [1.82, 2.24) is 0 Å². The first kappa shape index (κ1) is 11.1. The maximum absolute atomic E-state index is 10.2. The second kappa shape index (κ2) is 6.77. The Kier molecular flexibility index (Phi) is 6.25. The fourth-order valence-corrected chi connectivity index (χ4v) is 0.733. The van der Waals surface area contributed by atoms with Gasteiger partial charge in [0, 0.05) is 11.8 Å². The fraction of sp³-hybridized carbons (Fsp3) is 0.600. The lowest BCUT2D eigenvalue weighted by atomic mass is 10.1. The van der Waals surface area contributed by atoms with Gasteiger partial charge in [0.2, 0.25) is 0 Å². The minimum atomic E-state index is 0.0905. The Morgan fingerprint density at radius 1 is 0.917 bits per heavy atom. The van der Waals surface area contributed by atoms with Gasteiger partial charge in [-0.1, -0.05) is 26.0 Å². The summed E-state index contributed by atoms with van der Waals surface area (Å²) in [5.41, 5.74) is 0. The van der Waals surface area contributed by atoms with E-state index in [0.717, 1.165) is 25.4 Å². The van der Waals surface area contributed by atoms with Crippen LogP contribution in [0.5, 0.6) is 0 Å². The molecule has 0 aliphatic heterocycles. The van der Waals surface area contributed by atoms with Crippen LogP contribution in [-0.2, 0) is 9.59 Å². The maximum atomic E-state index is 10.2. The predicted octanol–water partition coefficient (Wildman–Crippen LogP) is 1.99. The number of carbonyl (C=O) groups excluding carboxylic acids is 2. The summed E-state index contributed by atoms with van der Waals surface area (Å²) >= 11 is 0. The molecule has 68 valence electrons. The number of hydrogen-bond donors (Lipinski definition) is 0. The summed E-state index contributed by atoms with van der Waals surface area (Å²) in [5.74, 6) is 0.181. The number of hydrogen-bond acceptors (Lipinski definition) is 2. The third-order valence-corrected chi connectivity index (χ3v) is 1.65. The molecule has 2 atom stereocenters. The van der Waals surface area contributed by atoms with Crippen LogP contribution in [0.2, 0.25) is 0 Å². The Labute approximate surface area is 73.7 Å². The summed E-state index contributed by atoms with van der Waals surface area (Å²) in [5, 5.41) is 0. The van der Waals surface area contributed by atoms with Crippen LogP contribution in [0.3, 0.4) is 0 Å². The summed E-state index contributed by atoms with van der Waals surface area (Å²) in [6.45, 7) is 3.75. The SMILES string of the molecule is CC(C=O)CC=CCC(C)C=O. The molecule has 2 heteroatoms. The quantitative estimate of drug-likeness (QED) is 0.449. The van der Waals surface area contributed by atoms with Gasteiger partial charge in [0.15, 0.2) is 0 Å². The third-order valence-electron chi connectivity index (χ3n) is 1.65. The Balaban J connectivity index is 3.49. The van der Waals surface area contributed by atoms with Crippen LogP contribution in [0.15, 0.2) is 12.2 Å². The van der Waals surface area contributed by atoms with Gasteiger partial charge in [0.25, 0.3) is 0 Å². The molecule has 0 spiro atoms. The van der Waals surface area contributed by atoms with Crippen LogP contribution in [0.1, 0.15) is 26.7 Å². The molecule has 2 nitrogen and oxygen atoms in total. The van der Waals surface area contributed by atoms with Crippen molar-refractivity contribution in [2.45, 2.75) is 26.7 Å². The molecule has 0 aliphatic carbocycles. The van der Waals surface area contributed by atoms with Crippen molar-refractivity contribution in [3.8, 4) is 0 Å². The molecular weight excluding hydrogens is 152 g/mol. The molecule has 0 radical (unpaired) electrons. The molecule has 0 aromatic carbocycles. The van der Waals surface area contributed by atoms with Crippen molar-refractivity contribution in [1.29, 1.82) is 0 Å². The summed E-state index contributed by atoms with van der Waals surface area (Å²) in [4.78, 5) is 20.4. The Morgan fingerprint density at radius 3 is 1.50 bits per heavy atom. The minimum Gasteiger partial charge on any atom is -0.303 e. The van der Waals surface area contributed by atoms with Crippen molar-refractivity contribution < 1.29 is 9.59 Å². The van der Waals surface area contributed by atoms with E-state index in [4.69, 9.17) is 0 Å². The average Bonchev–Trinajstić information content (AvgIpc) is 2.11. The first-order valence-corrected chi connectivity index (χ1v) is 4.26. The van der Waals surface area contributed by atoms with Crippen LogP contribution < -0.4 is 0 Å². The molecule has 0 bridgehead atoms. The number of carbonyl (C=O) groups is 2. The largest absolute Gasteiger partial charge is 0.303 e. The molecule has 0 fully saturated rings. The fourth-order valence-electron chi connectivity index (χ4n) is 0.733. The highest BCUT2D eigenvalue weighted by Crippen LogP contribution is 2.02. The van der Waals surface area contributed by atoms with E-state index in [2.05, 4.69) is 0 Å². The van der Waals surface area contributed by atoms with Gasteiger partial charge >= 0.3 is 0 Å². The van der Waals surface area contributed by atoms with Crippen molar-refractivity contribution in [2.75, 3.05) is 0 Å². The van der Waals surface area contributed by atoms with Crippen LogP contribution in [0.25, 0.3) is 0 Å². The van der Waals surface area contributed by atoms with E-state index in [1.165, 1.54) is 0 Å². The van der Waals surface area contributed by atoms with Gasteiger partial charge in [-0.05, 0) is 12.8 Å². The normalized spacial score (nSPS) is 15.8. The molecule has 0 saturated heterocycles. The smallest absolute Gasteiger partial charge is 0.123 e. The zero-order valence-electron chi connectivity index (χ0n) is 7.69. The molecule has 0 heterocycles. The molecule has 0 rings (SSSR count). The monoisotopic (exact) mass is 168 g/mol. The van der Waals surface area contributed by atoms with E-state index in [1.54, 1.807) is 0 Å². The zero-order valence-corrected chi connectivity index (χ0v) is 7.69. The van der Waals surface area contributed by atoms with Gasteiger partial charge in [-0.3, -0.25) is 0 Å². The topological polar surface area (TPSA) is 34.1 Å². The van der Waals surface area contributed by atoms with E-state index in [9.17, 15) is 9.59 Å². The van der Waals surface area contributed by atoms with E-state index in [-0.39, 0.29) is 11.8 Å². The van der Waals surface area contributed by atoms with Gasteiger partial charge in [0.1, 0.15) is 12.6 Å². The van der Waals surface area contributed by atoms with Crippen LogP contribution in [-0.4, -0.2) is 12.6 Å². The maximum Gasteiger partial charge on any atom is 0.123 e. The lowest BCUT2D eigenvalue weighted by Crippen LogP contribution is -1.94. The van der Waals surface area contributed by atoms with Gasteiger partial charge < -0.3 is 9.59 Å². The van der Waals surface area contributed by atoms with Crippen molar-refractivity contribution in [3.05, 3.63) is 12.2 Å². The molecule has 0 aliphatic rings. The summed E-state index contributed by atoms with van der Waals surface area (Å²) in [6, 6.07) is 0. The standard InChI is InChI=1S/C10H16O2/c1-9(7-11)5-3-4-6-10(2)8-12/h3-4,7-10H,5-6H2,1-2H3. The number of allylic oxidation sites excluding steroid dienone is 2. The van der Waals surface area contributed by atoms with E-state index in [1.807, 2.05) is 26.0 Å². The van der Waals surface area contributed by atoms with Crippen LogP contribution >= 0.6 is 0 Å². The lowest BCUT2D eigenvalue weighted by molar-refractivity contribution is -0.111. The minimum absolute atomic E-state index is 0.0905.